The maximum absolute atomic E-state index is 13.0. The van der Waals surface area contributed by atoms with Crippen molar-refractivity contribution in [1.82, 2.24) is 9.88 Å². The SMILES string of the molecule is CC(C)C(c1ccccc1)N(C)C(=O)c1ccc(OCc2cscn2)cc1. The molecule has 3 rings (SSSR count). The van der Waals surface area contributed by atoms with Crippen molar-refractivity contribution >= 4 is 17.2 Å². The molecule has 5 heteroatoms. The van der Waals surface area contributed by atoms with Crippen molar-refractivity contribution in [1.29, 1.82) is 0 Å². The lowest BCUT2D eigenvalue weighted by Gasteiger charge is -2.32. The third-order valence-electron chi connectivity index (χ3n) is 4.48. The summed E-state index contributed by atoms with van der Waals surface area (Å²) in [5, 5.41) is 1.96. The first-order valence-corrected chi connectivity index (χ1v) is 9.92. The predicted molar refractivity (Wildman–Crippen MR) is 109 cm³/mol. The van der Waals surface area contributed by atoms with Gasteiger partial charge < -0.3 is 9.64 Å². The smallest absolute Gasteiger partial charge is 0.254 e. The minimum atomic E-state index is 0.00334. The zero-order chi connectivity index (χ0) is 19.2. The van der Waals surface area contributed by atoms with E-state index in [4.69, 9.17) is 4.74 Å². The Morgan fingerprint density at radius 3 is 2.41 bits per heavy atom. The van der Waals surface area contributed by atoms with E-state index in [9.17, 15) is 4.79 Å². The molecular weight excluding hydrogens is 356 g/mol. The first-order valence-electron chi connectivity index (χ1n) is 8.98. The molecule has 1 aromatic heterocycles. The maximum atomic E-state index is 13.0. The van der Waals surface area contributed by atoms with Crippen LogP contribution in [0, 0.1) is 5.92 Å². The van der Waals surface area contributed by atoms with Gasteiger partial charge >= 0.3 is 0 Å². The third-order valence-corrected chi connectivity index (χ3v) is 5.12. The lowest BCUT2D eigenvalue weighted by molar-refractivity contribution is 0.0687. The lowest BCUT2D eigenvalue weighted by atomic mass is 9.94. The van der Waals surface area contributed by atoms with Gasteiger partial charge in [0, 0.05) is 18.0 Å². The summed E-state index contributed by atoms with van der Waals surface area (Å²) in [6, 6.07) is 17.5. The van der Waals surface area contributed by atoms with Gasteiger partial charge in [-0.1, -0.05) is 44.2 Å². The van der Waals surface area contributed by atoms with Crippen molar-refractivity contribution in [2.45, 2.75) is 26.5 Å². The van der Waals surface area contributed by atoms with Gasteiger partial charge in [0.1, 0.15) is 12.4 Å². The molecule has 3 aromatic rings. The summed E-state index contributed by atoms with van der Waals surface area (Å²) in [5.41, 5.74) is 4.49. The molecule has 2 aromatic carbocycles. The van der Waals surface area contributed by atoms with Crippen LogP contribution >= 0.6 is 11.3 Å². The fraction of sp³-hybridized carbons (Fsp3) is 0.273. The molecule has 0 aliphatic heterocycles. The van der Waals surface area contributed by atoms with E-state index in [1.54, 1.807) is 16.8 Å². The molecule has 1 atom stereocenters. The highest BCUT2D eigenvalue weighted by atomic mass is 32.1. The molecule has 0 fully saturated rings. The first-order chi connectivity index (χ1) is 13.1. The molecule has 0 radical (unpaired) electrons. The minimum absolute atomic E-state index is 0.00334. The first kappa shape index (κ1) is 19.1. The van der Waals surface area contributed by atoms with Crippen LogP contribution in [0.2, 0.25) is 0 Å². The molecule has 1 heterocycles. The second kappa shape index (κ2) is 8.82. The minimum Gasteiger partial charge on any atom is -0.487 e. The van der Waals surface area contributed by atoms with E-state index in [1.165, 1.54) is 0 Å². The number of benzene rings is 2. The molecule has 4 nitrogen and oxygen atoms in total. The highest BCUT2D eigenvalue weighted by Gasteiger charge is 2.25. The molecule has 1 amide bonds. The van der Waals surface area contributed by atoms with Gasteiger partial charge in [-0.2, -0.15) is 0 Å². The number of nitrogens with zero attached hydrogens (tertiary/aromatic N) is 2. The number of ether oxygens (including phenoxy) is 1. The standard InChI is InChI=1S/C22H24N2O2S/c1-16(2)21(17-7-5-4-6-8-17)24(3)22(25)18-9-11-20(12-10-18)26-13-19-14-27-15-23-19/h4-12,14-16,21H,13H2,1-3H3. The summed E-state index contributed by atoms with van der Waals surface area (Å²) >= 11 is 1.55. The summed E-state index contributed by atoms with van der Waals surface area (Å²) in [7, 11) is 1.87. The number of carbonyl (C=O) groups is 1. The average molecular weight is 381 g/mol. The molecule has 0 saturated carbocycles. The molecular formula is C22H24N2O2S. The van der Waals surface area contributed by atoms with Gasteiger partial charge in [-0.25, -0.2) is 4.98 Å². The Hall–Kier alpha value is -2.66. The molecule has 0 spiro atoms. The van der Waals surface area contributed by atoms with E-state index in [-0.39, 0.29) is 11.9 Å². The van der Waals surface area contributed by atoms with Crippen molar-refractivity contribution in [2.75, 3.05) is 7.05 Å². The van der Waals surface area contributed by atoms with Gasteiger partial charge in [0.25, 0.3) is 5.91 Å². The van der Waals surface area contributed by atoms with Crippen LogP contribution in [-0.4, -0.2) is 22.8 Å². The molecule has 0 aliphatic rings. The molecule has 27 heavy (non-hydrogen) atoms. The summed E-state index contributed by atoms with van der Waals surface area (Å²) in [4.78, 5) is 19.0. The van der Waals surface area contributed by atoms with Gasteiger partial charge in [0.15, 0.2) is 0 Å². The van der Waals surface area contributed by atoms with Gasteiger partial charge in [-0.3, -0.25) is 4.79 Å². The summed E-state index contributed by atoms with van der Waals surface area (Å²) < 4.78 is 5.72. The maximum Gasteiger partial charge on any atom is 0.254 e. The summed E-state index contributed by atoms with van der Waals surface area (Å²) in [5.74, 6) is 1.04. The number of amides is 1. The quantitative estimate of drug-likeness (QED) is 0.566. The van der Waals surface area contributed by atoms with E-state index in [0.717, 1.165) is 17.0 Å². The lowest BCUT2D eigenvalue weighted by Crippen LogP contribution is -2.34. The second-order valence-electron chi connectivity index (χ2n) is 6.81. The van der Waals surface area contributed by atoms with Gasteiger partial charge in [-0.15, -0.1) is 11.3 Å². The number of carbonyl (C=O) groups excluding carboxylic acids is 1. The van der Waals surface area contributed by atoms with Crippen LogP contribution in [0.4, 0.5) is 0 Å². The van der Waals surface area contributed by atoms with Gasteiger partial charge in [0.2, 0.25) is 0 Å². The van der Waals surface area contributed by atoms with E-state index in [0.29, 0.717) is 18.1 Å². The Kier molecular flexibility index (Phi) is 6.24. The molecule has 1 unspecified atom stereocenters. The third kappa shape index (κ3) is 4.74. The Bertz CT molecular complexity index is 846. The Morgan fingerprint density at radius 2 is 1.81 bits per heavy atom. The van der Waals surface area contributed by atoms with Crippen molar-refractivity contribution in [2.24, 2.45) is 5.92 Å². The summed E-state index contributed by atoms with van der Waals surface area (Å²) in [6.07, 6.45) is 0. The van der Waals surface area contributed by atoms with Crippen LogP contribution in [0.1, 0.15) is 41.5 Å². The Balaban J connectivity index is 1.70. The van der Waals surface area contributed by atoms with Crippen molar-refractivity contribution in [3.8, 4) is 5.75 Å². The predicted octanol–water partition coefficient (Wildman–Crippen LogP) is 5.19. The fourth-order valence-electron chi connectivity index (χ4n) is 3.20. The van der Waals surface area contributed by atoms with E-state index in [1.807, 2.05) is 59.8 Å². The topological polar surface area (TPSA) is 42.4 Å². The Morgan fingerprint density at radius 1 is 1.11 bits per heavy atom. The van der Waals surface area contributed by atoms with Crippen molar-refractivity contribution in [3.63, 3.8) is 0 Å². The fourth-order valence-corrected chi connectivity index (χ4v) is 3.74. The highest BCUT2D eigenvalue weighted by Crippen LogP contribution is 2.29. The van der Waals surface area contributed by atoms with Crippen LogP contribution in [0.15, 0.2) is 65.5 Å². The van der Waals surface area contributed by atoms with E-state index < -0.39 is 0 Å². The zero-order valence-corrected chi connectivity index (χ0v) is 16.6. The normalized spacial score (nSPS) is 12.0. The number of thiazole rings is 1. The second-order valence-corrected chi connectivity index (χ2v) is 7.53. The number of hydrogen-bond acceptors (Lipinski definition) is 4. The van der Waals surface area contributed by atoms with Crippen LogP contribution in [0.5, 0.6) is 5.75 Å². The zero-order valence-electron chi connectivity index (χ0n) is 15.8. The van der Waals surface area contributed by atoms with Crippen molar-refractivity contribution in [3.05, 3.63) is 82.3 Å². The highest BCUT2D eigenvalue weighted by molar-refractivity contribution is 7.07. The molecule has 0 saturated heterocycles. The number of rotatable bonds is 7. The monoisotopic (exact) mass is 380 g/mol. The number of hydrogen-bond donors (Lipinski definition) is 0. The van der Waals surface area contributed by atoms with Crippen LogP contribution in [-0.2, 0) is 6.61 Å². The average Bonchev–Trinajstić information content (AvgIpc) is 3.20. The molecule has 140 valence electrons. The van der Waals surface area contributed by atoms with E-state index in [2.05, 4.69) is 31.0 Å². The van der Waals surface area contributed by atoms with E-state index >= 15 is 0 Å². The van der Waals surface area contributed by atoms with Crippen LogP contribution in [0.3, 0.4) is 0 Å². The Labute approximate surface area is 164 Å². The van der Waals surface area contributed by atoms with Crippen LogP contribution in [0.25, 0.3) is 0 Å². The van der Waals surface area contributed by atoms with Crippen LogP contribution < -0.4 is 4.74 Å². The van der Waals surface area contributed by atoms with Gasteiger partial charge in [-0.05, 0) is 35.7 Å². The number of aromatic nitrogens is 1. The van der Waals surface area contributed by atoms with Crippen molar-refractivity contribution < 1.29 is 9.53 Å². The molecule has 0 aliphatic carbocycles. The largest absolute Gasteiger partial charge is 0.487 e. The molecule has 0 N–H and O–H groups in total. The molecule has 0 bridgehead atoms. The summed E-state index contributed by atoms with van der Waals surface area (Å²) in [6.45, 7) is 4.70. The van der Waals surface area contributed by atoms with Gasteiger partial charge in [0.05, 0.1) is 17.2 Å².